The van der Waals surface area contributed by atoms with Crippen molar-refractivity contribution < 1.29 is 0 Å². The van der Waals surface area contributed by atoms with Gasteiger partial charge in [0, 0.05) is 33.6 Å². The Morgan fingerprint density at radius 2 is 1.18 bits per heavy atom. The van der Waals surface area contributed by atoms with Gasteiger partial charge >= 0.3 is 0 Å². The second-order valence-electron chi connectivity index (χ2n) is 13.2. The molecule has 0 saturated carbocycles. The SMILES string of the molecule is CNC(C1=C(NCNC2=C(c3c(-c4ccccc4)c4ccccc4n3-c3ccc(-c4ccccc4)cc3)CCC=C2)C=CCC1)c1ccccc1. The number of aromatic nitrogens is 1. The van der Waals surface area contributed by atoms with Crippen LogP contribution in [0.3, 0.4) is 0 Å². The first-order valence-corrected chi connectivity index (χ1v) is 18.1. The van der Waals surface area contributed by atoms with E-state index in [0.717, 1.165) is 37.1 Å². The van der Waals surface area contributed by atoms with Crippen LogP contribution in [-0.4, -0.2) is 18.3 Å². The number of benzene rings is 5. The highest BCUT2D eigenvalue weighted by molar-refractivity contribution is 6.04. The van der Waals surface area contributed by atoms with Crippen LogP contribution >= 0.6 is 0 Å². The van der Waals surface area contributed by atoms with Crippen LogP contribution in [0.2, 0.25) is 0 Å². The second-order valence-corrected chi connectivity index (χ2v) is 13.2. The zero-order valence-corrected chi connectivity index (χ0v) is 29.1. The summed E-state index contributed by atoms with van der Waals surface area (Å²) in [6.45, 7) is 0.615. The van der Waals surface area contributed by atoms with E-state index in [-0.39, 0.29) is 6.04 Å². The third-order valence-electron chi connectivity index (χ3n) is 10.2. The summed E-state index contributed by atoms with van der Waals surface area (Å²) < 4.78 is 2.48. The van der Waals surface area contributed by atoms with E-state index in [1.54, 1.807) is 0 Å². The van der Waals surface area contributed by atoms with Gasteiger partial charge in [0.05, 0.1) is 23.9 Å². The van der Waals surface area contributed by atoms with E-state index in [1.165, 1.54) is 61.3 Å². The lowest BCUT2D eigenvalue weighted by Gasteiger charge is -2.27. The van der Waals surface area contributed by atoms with Gasteiger partial charge in [-0.2, -0.15) is 0 Å². The largest absolute Gasteiger partial charge is 0.368 e. The van der Waals surface area contributed by atoms with Crippen LogP contribution in [0.1, 0.15) is 43.0 Å². The summed E-state index contributed by atoms with van der Waals surface area (Å²) in [7, 11) is 2.06. The van der Waals surface area contributed by atoms with Crippen LogP contribution in [0.15, 0.2) is 181 Å². The molecule has 0 saturated heterocycles. The molecule has 3 N–H and O–H groups in total. The molecule has 0 radical (unpaired) electrons. The first kappa shape index (κ1) is 32.4. The Morgan fingerprint density at radius 1 is 0.588 bits per heavy atom. The van der Waals surface area contributed by atoms with Crippen molar-refractivity contribution in [2.45, 2.75) is 31.7 Å². The van der Waals surface area contributed by atoms with Crippen molar-refractivity contribution in [3.63, 3.8) is 0 Å². The third kappa shape index (κ3) is 6.59. The molecule has 1 aromatic heterocycles. The molecule has 2 aliphatic carbocycles. The highest BCUT2D eigenvalue weighted by Crippen LogP contribution is 2.43. The zero-order chi connectivity index (χ0) is 34.4. The molecule has 5 aromatic carbocycles. The molecule has 0 aliphatic heterocycles. The van der Waals surface area contributed by atoms with Crippen LogP contribution < -0.4 is 16.0 Å². The maximum absolute atomic E-state index is 3.85. The maximum atomic E-state index is 3.85. The minimum atomic E-state index is 0.167. The number of rotatable bonds is 11. The van der Waals surface area contributed by atoms with Crippen LogP contribution in [0.25, 0.3) is 44.4 Å². The van der Waals surface area contributed by atoms with E-state index in [4.69, 9.17) is 0 Å². The number of nitrogens with one attached hydrogen (secondary N) is 3. The fourth-order valence-electron chi connectivity index (χ4n) is 7.78. The zero-order valence-electron chi connectivity index (χ0n) is 29.1. The summed E-state index contributed by atoms with van der Waals surface area (Å²) in [5, 5.41) is 12.5. The standard InChI is InChI=1S/C47H44N4/c1-48-46(37-21-9-4-10-22-37)39-23-11-14-26-42(39)49-33-50-43-27-15-12-24-40(43)47-45(36-19-7-3-8-20-36)41-25-13-16-28-44(41)51(47)38-31-29-35(30-32-38)34-17-5-2-6-18-34/h2-10,13-22,25-32,46,48-50H,11-12,23-24,33H2,1H3. The Morgan fingerprint density at radius 3 is 1.90 bits per heavy atom. The quantitative estimate of drug-likeness (QED) is 0.121. The van der Waals surface area contributed by atoms with Gasteiger partial charge in [-0.3, -0.25) is 0 Å². The lowest BCUT2D eigenvalue weighted by Crippen LogP contribution is -2.31. The summed E-state index contributed by atoms with van der Waals surface area (Å²) in [5.41, 5.74) is 14.9. The summed E-state index contributed by atoms with van der Waals surface area (Å²) in [6, 6.07) is 50.3. The number of hydrogen-bond donors (Lipinski definition) is 3. The van der Waals surface area contributed by atoms with Gasteiger partial charge < -0.3 is 20.5 Å². The van der Waals surface area contributed by atoms with Gasteiger partial charge in [-0.1, -0.05) is 133 Å². The number of para-hydroxylation sites is 1. The van der Waals surface area contributed by atoms with Crippen molar-refractivity contribution in [1.29, 1.82) is 0 Å². The summed E-state index contributed by atoms with van der Waals surface area (Å²) in [4.78, 5) is 0. The number of hydrogen-bond acceptors (Lipinski definition) is 3. The Labute approximate surface area is 301 Å². The molecule has 2 aliphatic rings. The Hall–Kier alpha value is -5.84. The van der Waals surface area contributed by atoms with E-state index < -0.39 is 0 Å². The third-order valence-corrected chi connectivity index (χ3v) is 10.2. The van der Waals surface area contributed by atoms with Crippen molar-refractivity contribution in [2.24, 2.45) is 0 Å². The second kappa shape index (κ2) is 15.0. The normalized spacial score (nSPS) is 15.0. The average molecular weight is 665 g/mol. The van der Waals surface area contributed by atoms with Gasteiger partial charge in [0.25, 0.3) is 0 Å². The first-order chi connectivity index (χ1) is 25.3. The van der Waals surface area contributed by atoms with Gasteiger partial charge in [-0.15, -0.1) is 0 Å². The molecular formula is C47H44N4. The van der Waals surface area contributed by atoms with Gasteiger partial charge in [0.1, 0.15) is 0 Å². The van der Waals surface area contributed by atoms with Crippen molar-refractivity contribution >= 4 is 16.5 Å². The molecule has 0 spiro atoms. The number of fused-ring (bicyclic) bond motifs is 1. The smallest absolute Gasteiger partial charge is 0.0849 e. The molecule has 4 nitrogen and oxygen atoms in total. The summed E-state index contributed by atoms with van der Waals surface area (Å²) in [5.74, 6) is 0. The molecule has 1 heterocycles. The fraction of sp³-hybridized carbons (Fsp3) is 0.149. The van der Waals surface area contributed by atoms with Crippen LogP contribution in [-0.2, 0) is 0 Å². The van der Waals surface area contributed by atoms with Crippen LogP contribution in [0, 0.1) is 0 Å². The molecule has 0 amide bonds. The molecule has 4 heteroatoms. The van der Waals surface area contributed by atoms with Crippen molar-refractivity contribution in [3.8, 4) is 27.9 Å². The molecule has 6 aromatic rings. The monoisotopic (exact) mass is 664 g/mol. The summed E-state index contributed by atoms with van der Waals surface area (Å²) in [6.07, 6.45) is 13.1. The molecular weight excluding hydrogens is 621 g/mol. The fourth-order valence-corrected chi connectivity index (χ4v) is 7.78. The lowest BCUT2D eigenvalue weighted by molar-refractivity contribution is 0.617. The summed E-state index contributed by atoms with van der Waals surface area (Å²) >= 11 is 0. The van der Waals surface area contributed by atoms with Gasteiger partial charge in [-0.25, -0.2) is 0 Å². The number of nitrogens with zero attached hydrogens (tertiary/aromatic N) is 1. The predicted molar refractivity (Wildman–Crippen MR) is 214 cm³/mol. The van der Waals surface area contributed by atoms with Crippen LogP contribution in [0.4, 0.5) is 0 Å². The van der Waals surface area contributed by atoms with Gasteiger partial charge in [-0.05, 0) is 90.9 Å². The number of likely N-dealkylation sites (N-methyl/N-ethyl adjacent to an activating group) is 1. The minimum Gasteiger partial charge on any atom is -0.368 e. The predicted octanol–water partition coefficient (Wildman–Crippen LogP) is 10.7. The lowest BCUT2D eigenvalue weighted by atomic mass is 9.90. The molecule has 1 atom stereocenters. The highest BCUT2D eigenvalue weighted by Gasteiger charge is 2.25. The molecule has 1 unspecified atom stereocenters. The van der Waals surface area contributed by atoms with Gasteiger partial charge in [0.2, 0.25) is 0 Å². The molecule has 252 valence electrons. The molecule has 0 fully saturated rings. The topological polar surface area (TPSA) is 41.0 Å². The van der Waals surface area contributed by atoms with E-state index in [2.05, 4.69) is 191 Å². The Kier molecular flexibility index (Phi) is 9.49. The number of allylic oxidation sites excluding steroid dienone is 5. The molecule has 8 rings (SSSR count). The van der Waals surface area contributed by atoms with Crippen LogP contribution in [0.5, 0.6) is 0 Å². The van der Waals surface area contributed by atoms with Crippen molar-refractivity contribution in [1.82, 2.24) is 20.5 Å². The van der Waals surface area contributed by atoms with Crippen molar-refractivity contribution in [3.05, 3.63) is 192 Å². The first-order valence-electron chi connectivity index (χ1n) is 18.1. The Bertz CT molecular complexity index is 2240. The Balaban J connectivity index is 1.21. The molecule has 0 bridgehead atoms. The van der Waals surface area contributed by atoms with E-state index in [0.29, 0.717) is 6.67 Å². The van der Waals surface area contributed by atoms with E-state index in [9.17, 15) is 0 Å². The maximum Gasteiger partial charge on any atom is 0.0849 e. The van der Waals surface area contributed by atoms with Gasteiger partial charge in [0.15, 0.2) is 0 Å². The minimum absolute atomic E-state index is 0.167. The van der Waals surface area contributed by atoms with E-state index in [1.807, 2.05) is 0 Å². The average Bonchev–Trinajstić information content (AvgIpc) is 3.55. The van der Waals surface area contributed by atoms with E-state index >= 15 is 0 Å². The molecule has 51 heavy (non-hydrogen) atoms. The highest BCUT2D eigenvalue weighted by atomic mass is 15.1. The van der Waals surface area contributed by atoms with Crippen molar-refractivity contribution in [2.75, 3.05) is 13.7 Å².